The Morgan fingerprint density at radius 2 is 2.38 bits per heavy atom. The normalized spacial score (nSPS) is 19.1. The van der Waals surface area contributed by atoms with Gasteiger partial charge in [-0.15, -0.1) is 6.58 Å². The van der Waals surface area contributed by atoms with E-state index < -0.39 is 5.97 Å². The molecule has 1 aliphatic rings. The molecule has 0 aromatic rings. The van der Waals surface area contributed by atoms with E-state index in [1.54, 1.807) is 11.8 Å². The molecule has 16 heavy (non-hydrogen) atoms. The van der Waals surface area contributed by atoms with Crippen LogP contribution in [0.3, 0.4) is 0 Å². The number of aliphatic carboxylic acids is 1. The first kappa shape index (κ1) is 12.9. The van der Waals surface area contributed by atoms with Crippen molar-refractivity contribution in [1.82, 2.24) is 10.2 Å². The number of carboxylic acid groups (broad SMARTS) is 1. The third-order valence-electron chi connectivity index (χ3n) is 2.22. The van der Waals surface area contributed by atoms with Crippen molar-refractivity contribution in [3.8, 4) is 0 Å². The summed E-state index contributed by atoms with van der Waals surface area (Å²) in [6.07, 6.45) is 2.47. The molecule has 1 aliphatic heterocycles. The molecule has 1 rings (SSSR count). The molecule has 0 bridgehead atoms. The van der Waals surface area contributed by atoms with Gasteiger partial charge in [-0.05, 0) is 12.2 Å². The van der Waals surface area contributed by atoms with Crippen LogP contribution in [-0.4, -0.2) is 52.6 Å². The van der Waals surface area contributed by atoms with Crippen LogP contribution in [0, 0.1) is 0 Å². The molecule has 2 N–H and O–H groups in total. The van der Waals surface area contributed by atoms with Crippen molar-refractivity contribution < 1.29 is 14.7 Å². The minimum Gasteiger partial charge on any atom is -0.480 e. The maximum absolute atomic E-state index is 11.7. The van der Waals surface area contributed by atoms with E-state index in [9.17, 15) is 9.59 Å². The highest BCUT2D eigenvalue weighted by molar-refractivity contribution is 7.99. The summed E-state index contributed by atoms with van der Waals surface area (Å²) < 4.78 is 0. The number of urea groups is 1. The number of carboxylic acids is 1. The molecule has 0 aliphatic carbocycles. The zero-order valence-corrected chi connectivity index (χ0v) is 9.83. The molecule has 6 heteroatoms. The van der Waals surface area contributed by atoms with Gasteiger partial charge in [-0.2, -0.15) is 11.8 Å². The van der Waals surface area contributed by atoms with Gasteiger partial charge >= 0.3 is 12.0 Å². The SMILES string of the molecule is C=CCN(CC(=O)O)C(=O)NC1CCSC1. The second-order valence-corrected chi connectivity index (χ2v) is 4.72. The summed E-state index contributed by atoms with van der Waals surface area (Å²) in [5.41, 5.74) is 0. The summed E-state index contributed by atoms with van der Waals surface area (Å²) in [5.74, 6) is 0.935. The monoisotopic (exact) mass is 244 g/mol. The number of thioether (sulfide) groups is 1. The Morgan fingerprint density at radius 1 is 1.62 bits per heavy atom. The quantitative estimate of drug-likeness (QED) is 0.701. The highest BCUT2D eigenvalue weighted by Crippen LogP contribution is 2.17. The summed E-state index contributed by atoms with van der Waals surface area (Å²) in [6, 6.07) is -0.159. The van der Waals surface area contributed by atoms with Crippen molar-refractivity contribution in [3.63, 3.8) is 0 Å². The molecule has 90 valence electrons. The second kappa shape index (κ2) is 6.42. The van der Waals surface area contributed by atoms with E-state index in [2.05, 4.69) is 11.9 Å². The summed E-state index contributed by atoms with van der Waals surface area (Å²) in [7, 11) is 0. The Labute approximate surface area is 98.9 Å². The van der Waals surface area contributed by atoms with Crippen LogP contribution in [0.4, 0.5) is 4.79 Å². The molecular formula is C10H16N2O3S. The summed E-state index contributed by atoms with van der Waals surface area (Å²) in [6.45, 7) is 3.46. The first-order valence-corrected chi connectivity index (χ1v) is 6.25. The highest BCUT2D eigenvalue weighted by Gasteiger charge is 2.21. The molecule has 0 aromatic heterocycles. The van der Waals surface area contributed by atoms with E-state index >= 15 is 0 Å². The first-order valence-electron chi connectivity index (χ1n) is 5.09. The van der Waals surface area contributed by atoms with Crippen molar-refractivity contribution in [3.05, 3.63) is 12.7 Å². The van der Waals surface area contributed by atoms with Gasteiger partial charge in [0.15, 0.2) is 0 Å². The van der Waals surface area contributed by atoms with Crippen LogP contribution in [0.1, 0.15) is 6.42 Å². The van der Waals surface area contributed by atoms with Gasteiger partial charge in [-0.3, -0.25) is 4.79 Å². The Hall–Kier alpha value is -1.17. The van der Waals surface area contributed by atoms with E-state index in [1.165, 1.54) is 11.0 Å². The van der Waals surface area contributed by atoms with Crippen LogP contribution in [-0.2, 0) is 4.79 Å². The van der Waals surface area contributed by atoms with Gasteiger partial charge in [0.25, 0.3) is 0 Å². The topological polar surface area (TPSA) is 69.6 Å². The van der Waals surface area contributed by atoms with Gasteiger partial charge in [-0.25, -0.2) is 4.79 Å². The van der Waals surface area contributed by atoms with Crippen LogP contribution in [0.15, 0.2) is 12.7 Å². The van der Waals surface area contributed by atoms with Crippen LogP contribution < -0.4 is 5.32 Å². The van der Waals surface area contributed by atoms with E-state index in [1.807, 2.05) is 0 Å². The molecule has 1 fully saturated rings. The van der Waals surface area contributed by atoms with Gasteiger partial charge < -0.3 is 15.3 Å². The predicted molar refractivity (Wildman–Crippen MR) is 63.7 cm³/mol. The van der Waals surface area contributed by atoms with Crippen molar-refractivity contribution >= 4 is 23.8 Å². The van der Waals surface area contributed by atoms with Crippen molar-refractivity contribution in [2.75, 3.05) is 24.6 Å². The zero-order valence-electron chi connectivity index (χ0n) is 9.02. The molecule has 1 atom stereocenters. The number of amides is 2. The Balaban J connectivity index is 2.45. The Kier molecular flexibility index (Phi) is 5.18. The molecule has 0 radical (unpaired) electrons. The van der Waals surface area contributed by atoms with Gasteiger partial charge in [-0.1, -0.05) is 6.08 Å². The Bertz CT molecular complexity index is 277. The lowest BCUT2D eigenvalue weighted by Crippen LogP contribution is -2.46. The fraction of sp³-hybridized carbons (Fsp3) is 0.600. The fourth-order valence-corrected chi connectivity index (χ4v) is 2.61. The molecule has 1 saturated heterocycles. The lowest BCUT2D eigenvalue weighted by molar-refractivity contribution is -0.137. The lowest BCUT2D eigenvalue weighted by atomic mass is 10.3. The molecule has 0 saturated carbocycles. The first-order chi connectivity index (χ1) is 7.63. The van der Waals surface area contributed by atoms with E-state index in [0.717, 1.165) is 17.9 Å². The number of hydrogen-bond acceptors (Lipinski definition) is 3. The number of carbonyl (C=O) groups is 2. The van der Waals surface area contributed by atoms with Crippen LogP contribution in [0.5, 0.6) is 0 Å². The van der Waals surface area contributed by atoms with Gasteiger partial charge in [0.1, 0.15) is 6.54 Å². The summed E-state index contributed by atoms with van der Waals surface area (Å²) >= 11 is 1.79. The molecular weight excluding hydrogens is 228 g/mol. The third-order valence-corrected chi connectivity index (χ3v) is 3.38. The lowest BCUT2D eigenvalue weighted by Gasteiger charge is -2.21. The van der Waals surface area contributed by atoms with Gasteiger partial charge in [0, 0.05) is 18.3 Å². The van der Waals surface area contributed by atoms with E-state index in [0.29, 0.717) is 0 Å². The smallest absolute Gasteiger partial charge is 0.323 e. The second-order valence-electron chi connectivity index (χ2n) is 3.57. The number of nitrogens with one attached hydrogen (secondary N) is 1. The number of rotatable bonds is 5. The van der Waals surface area contributed by atoms with E-state index in [4.69, 9.17) is 5.11 Å². The molecule has 5 nitrogen and oxygen atoms in total. The average molecular weight is 244 g/mol. The van der Waals surface area contributed by atoms with Gasteiger partial charge in [0.2, 0.25) is 0 Å². The summed E-state index contributed by atoms with van der Waals surface area (Å²) in [4.78, 5) is 23.5. The van der Waals surface area contributed by atoms with Crippen LogP contribution in [0.25, 0.3) is 0 Å². The minimum absolute atomic E-state index is 0.165. The molecule has 1 unspecified atom stereocenters. The van der Waals surface area contributed by atoms with Gasteiger partial charge in [0.05, 0.1) is 0 Å². The average Bonchev–Trinajstić information content (AvgIpc) is 2.69. The van der Waals surface area contributed by atoms with Crippen LogP contribution >= 0.6 is 11.8 Å². The highest BCUT2D eigenvalue weighted by atomic mass is 32.2. The molecule has 0 aromatic carbocycles. The maximum atomic E-state index is 11.7. The maximum Gasteiger partial charge on any atom is 0.323 e. The number of nitrogens with zero attached hydrogens (tertiary/aromatic N) is 1. The standard InChI is InChI=1S/C10H16N2O3S/c1-2-4-12(6-9(13)14)10(15)11-8-3-5-16-7-8/h2,8H,1,3-7H2,(H,11,15)(H,13,14). The Morgan fingerprint density at radius 3 is 2.88 bits per heavy atom. The van der Waals surface area contributed by atoms with Crippen molar-refractivity contribution in [2.24, 2.45) is 0 Å². The molecule has 0 spiro atoms. The predicted octanol–water partition coefficient (Wildman–Crippen LogP) is 0.774. The number of carbonyl (C=O) groups excluding carboxylic acids is 1. The zero-order chi connectivity index (χ0) is 12.0. The van der Waals surface area contributed by atoms with Crippen molar-refractivity contribution in [1.29, 1.82) is 0 Å². The van der Waals surface area contributed by atoms with Crippen molar-refractivity contribution in [2.45, 2.75) is 12.5 Å². The van der Waals surface area contributed by atoms with E-state index in [-0.39, 0.29) is 25.2 Å². The van der Waals surface area contributed by atoms with Crippen LogP contribution in [0.2, 0.25) is 0 Å². The molecule has 2 amide bonds. The number of hydrogen-bond donors (Lipinski definition) is 2. The third kappa shape index (κ3) is 4.14. The fourth-order valence-electron chi connectivity index (χ4n) is 1.45. The summed E-state index contributed by atoms with van der Waals surface area (Å²) in [5, 5.41) is 11.5. The minimum atomic E-state index is -1.02. The molecule has 1 heterocycles. The largest absolute Gasteiger partial charge is 0.480 e.